The van der Waals surface area contributed by atoms with E-state index in [4.69, 9.17) is 0 Å². The van der Waals surface area contributed by atoms with E-state index >= 15 is 0 Å². The van der Waals surface area contributed by atoms with E-state index in [2.05, 4.69) is 10.3 Å². The minimum Gasteiger partial charge on any atom is -0.350 e. The monoisotopic (exact) mass is 224 g/mol. The van der Waals surface area contributed by atoms with Crippen LogP contribution in [0.25, 0.3) is 0 Å². The first-order valence-corrected chi connectivity index (χ1v) is 5.50. The Labute approximate surface area is 95.1 Å². The molecule has 0 aliphatic heterocycles. The van der Waals surface area contributed by atoms with Gasteiger partial charge in [-0.2, -0.15) is 4.39 Å². The lowest BCUT2D eigenvalue weighted by Gasteiger charge is -2.08. The molecule has 0 saturated heterocycles. The van der Waals surface area contributed by atoms with Gasteiger partial charge in [0.15, 0.2) is 0 Å². The number of hydrogen-bond donors (Lipinski definition) is 1. The predicted octanol–water partition coefficient (Wildman–Crippen LogP) is 2.27. The highest BCUT2D eigenvalue weighted by atomic mass is 19.1. The van der Waals surface area contributed by atoms with Crippen LogP contribution in [0.15, 0.2) is 18.2 Å². The van der Waals surface area contributed by atoms with Gasteiger partial charge in [0.05, 0.1) is 12.2 Å². The molecule has 1 atom stereocenters. The first-order chi connectivity index (χ1) is 7.61. The number of rotatable bonds is 5. The van der Waals surface area contributed by atoms with Crippen LogP contribution >= 0.6 is 0 Å². The quantitative estimate of drug-likeness (QED) is 0.779. The Balaban J connectivity index is 2.37. The molecule has 0 fully saturated rings. The van der Waals surface area contributed by atoms with Gasteiger partial charge in [0, 0.05) is 6.42 Å². The van der Waals surface area contributed by atoms with E-state index in [0.29, 0.717) is 18.0 Å². The van der Waals surface area contributed by atoms with Crippen LogP contribution in [-0.4, -0.2) is 10.9 Å². The van der Waals surface area contributed by atoms with E-state index in [1.54, 1.807) is 12.1 Å². The average molecular weight is 224 g/mol. The van der Waals surface area contributed by atoms with Gasteiger partial charge in [0.2, 0.25) is 11.9 Å². The van der Waals surface area contributed by atoms with Gasteiger partial charge in [-0.25, -0.2) is 4.98 Å². The van der Waals surface area contributed by atoms with Gasteiger partial charge < -0.3 is 5.32 Å². The highest BCUT2D eigenvalue weighted by Crippen LogP contribution is 2.06. The van der Waals surface area contributed by atoms with Gasteiger partial charge in [0.25, 0.3) is 0 Å². The summed E-state index contributed by atoms with van der Waals surface area (Å²) in [7, 11) is 0. The van der Waals surface area contributed by atoms with Crippen LogP contribution in [0.4, 0.5) is 4.39 Å². The van der Waals surface area contributed by atoms with Crippen molar-refractivity contribution < 1.29 is 9.18 Å². The number of amides is 1. The number of nitrogens with one attached hydrogen (secondary N) is 1. The Morgan fingerprint density at radius 3 is 2.94 bits per heavy atom. The van der Waals surface area contributed by atoms with Crippen LogP contribution in [0.2, 0.25) is 0 Å². The Kier molecular flexibility index (Phi) is 4.89. The topological polar surface area (TPSA) is 42.0 Å². The normalized spacial score (nSPS) is 12.2. The van der Waals surface area contributed by atoms with Crippen molar-refractivity contribution in [1.82, 2.24) is 10.3 Å². The second kappa shape index (κ2) is 6.20. The molecule has 1 rings (SSSR count). The molecule has 0 radical (unpaired) electrons. The maximum absolute atomic E-state index is 12.7. The largest absolute Gasteiger partial charge is 0.350 e. The summed E-state index contributed by atoms with van der Waals surface area (Å²) < 4.78 is 12.7. The molecule has 88 valence electrons. The number of carbonyl (C=O) groups is 1. The van der Waals surface area contributed by atoms with Crippen molar-refractivity contribution in [3.05, 3.63) is 29.8 Å². The third-order valence-corrected chi connectivity index (χ3v) is 2.47. The number of nitrogens with zero attached hydrogens (tertiary/aromatic N) is 1. The van der Waals surface area contributed by atoms with Crippen LogP contribution in [0.3, 0.4) is 0 Å². The molecule has 0 aliphatic carbocycles. The maximum Gasteiger partial charge on any atom is 0.220 e. The van der Waals surface area contributed by atoms with Crippen molar-refractivity contribution in [1.29, 1.82) is 0 Å². The van der Waals surface area contributed by atoms with Crippen LogP contribution in [0, 0.1) is 11.9 Å². The molecule has 16 heavy (non-hydrogen) atoms. The highest BCUT2D eigenvalue weighted by molar-refractivity contribution is 5.76. The average Bonchev–Trinajstić information content (AvgIpc) is 2.26. The zero-order chi connectivity index (χ0) is 12.0. The van der Waals surface area contributed by atoms with Crippen molar-refractivity contribution in [2.75, 3.05) is 0 Å². The molecule has 0 aliphatic rings. The van der Waals surface area contributed by atoms with Crippen LogP contribution in [0.5, 0.6) is 0 Å². The molecule has 1 N–H and O–H groups in total. The summed E-state index contributed by atoms with van der Waals surface area (Å²) in [5.41, 5.74) is 0.539. The Morgan fingerprint density at radius 1 is 1.56 bits per heavy atom. The van der Waals surface area contributed by atoms with E-state index in [9.17, 15) is 9.18 Å². The maximum atomic E-state index is 12.7. The molecule has 1 aromatic rings. The van der Waals surface area contributed by atoms with Gasteiger partial charge in [-0.15, -0.1) is 0 Å². The van der Waals surface area contributed by atoms with Gasteiger partial charge in [-0.05, 0) is 18.1 Å². The smallest absolute Gasteiger partial charge is 0.220 e. The first kappa shape index (κ1) is 12.6. The molecular weight excluding hydrogens is 207 g/mol. The summed E-state index contributed by atoms with van der Waals surface area (Å²) in [5, 5.41) is 2.72. The minimum absolute atomic E-state index is 0.0135. The number of halogens is 1. The molecule has 0 aromatic carbocycles. The fraction of sp³-hybridized carbons (Fsp3) is 0.500. The zero-order valence-corrected chi connectivity index (χ0v) is 9.66. The third-order valence-electron chi connectivity index (χ3n) is 2.47. The van der Waals surface area contributed by atoms with Gasteiger partial charge in [0.1, 0.15) is 0 Å². The molecule has 3 nitrogen and oxygen atoms in total. The number of carbonyl (C=O) groups excluding carboxylic acids is 1. The van der Waals surface area contributed by atoms with Crippen molar-refractivity contribution >= 4 is 5.91 Å². The molecule has 0 spiro atoms. The number of pyridine rings is 1. The number of hydrogen-bond acceptors (Lipinski definition) is 2. The van der Waals surface area contributed by atoms with E-state index in [-0.39, 0.29) is 12.5 Å². The predicted molar refractivity (Wildman–Crippen MR) is 60.1 cm³/mol. The second-order valence-electron chi connectivity index (χ2n) is 3.95. The lowest BCUT2D eigenvalue weighted by molar-refractivity contribution is -0.122. The molecule has 4 heteroatoms. The van der Waals surface area contributed by atoms with Crippen molar-refractivity contribution in [3.8, 4) is 0 Å². The fourth-order valence-corrected chi connectivity index (χ4v) is 1.27. The van der Waals surface area contributed by atoms with Crippen molar-refractivity contribution in [3.63, 3.8) is 0 Å². The van der Waals surface area contributed by atoms with Crippen LogP contribution in [0.1, 0.15) is 32.4 Å². The van der Waals surface area contributed by atoms with E-state index < -0.39 is 5.95 Å². The second-order valence-corrected chi connectivity index (χ2v) is 3.95. The lowest BCUT2D eigenvalue weighted by atomic mass is 10.1. The molecule has 1 unspecified atom stereocenters. The van der Waals surface area contributed by atoms with E-state index in [1.807, 2.05) is 13.8 Å². The molecule has 1 heterocycles. The van der Waals surface area contributed by atoms with Crippen LogP contribution in [-0.2, 0) is 11.3 Å². The molecular formula is C12H17FN2O. The molecule has 0 saturated carbocycles. The molecule has 1 aromatic heterocycles. The SMILES string of the molecule is CCC(C)CC(=O)NCc1cccc(F)n1. The Morgan fingerprint density at radius 2 is 2.31 bits per heavy atom. The Bertz CT molecular complexity index is 355. The highest BCUT2D eigenvalue weighted by Gasteiger charge is 2.07. The standard InChI is InChI=1S/C12H17FN2O/c1-3-9(2)7-12(16)14-8-10-5-4-6-11(13)15-10/h4-6,9H,3,7-8H2,1-2H3,(H,14,16). The lowest BCUT2D eigenvalue weighted by Crippen LogP contribution is -2.24. The summed E-state index contributed by atoms with van der Waals surface area (Å²) in [6, 6.07) is 4.55. The first-order valence-electron chi connectivity index (χ1n) is 5.50. The van der Waals surface area contributed by atoms with Crippen molar-refractivity contribution in [2.45, 2.75) is 33.2 Å². The van der Waals surface area contributed by atoms with Gasteiger partial charge >= 0.3 is 0 Å². The zero-order valence-electron chi connectivity index (χ0n) is 9.66. The summed E-state index contributed by atoms with van der Waals surface area (Å²) in [5.74, 6) is -0.158. The Hall–Kier alpha value is -1.45. The minimum atomic E-state index is -0.520. The number of aromatic nitrogens is 1. The van der Waals surface area contributed by atoms with Crippen molar-refractivity contribution in [2.24, 2.45) is 5.92 Å². The van der Waals surface area contributed by atoms with Gasteiger partial charge in [-0.3, -0.25) is 4.79 Å². The van der Waals surface area contributed by atoms with Crippen LogP contribution < -0.4 is 5.32 Å². The fourth-order valence-electron chi connectivity index (χ4n) is 1.27. The molecule has 0 bridgehead atoms. The summed E-state index contributed by atoms with van der Waals surface area (Å²) >= 11 is 0. The van der Waals surface area contributed by atoms with E-state index in [0.717, 1.165) is 6.42 Å². The molecule has 1 amide bonds. The third kappa shape index (κ3) is 4.38. The summed E-state index contributed by atoms with van der Waals surface area (Å²) in [4.78, 5) is 15.1. The summed E-state index contributed by atoms with van der Waals surface area (Å²) in [6.07, 6.45) is 1.48. The van der Waals surface area contributed by atoms with Gasteiger partial charge in [-0.1, -0.05) is 26.3 Å². The van der Waals surface area contributed by atoms with E-state index in [1.165, 1.54) is 6.07 Å². The summed E-state index contributed by atoms with van der Waals surface area (Å²) in [6.45, 7) is 4.36.